The van der Waals surface area contributed by atoms with Gasteiger partial charge >= 0.3 is 0 Å². The minimum Gasteiger partial charge on any atom is -0.370 e. The molecule has 0 unspecified atom stereocenters. The predicted molar refractivity (Wildman–Crippen MR) is 38.6 cm³/mol. The van der Waals surface area contributed by atoms with E-state index in [2.05, 4.69) is 10.6 Å². The number of guanidine groups is 1. The molecule has 5 nitrogen and oxygen atoms in total. The molecule has 0 heterocycles. The van der Waals surface area contributed by atoms with E-state index in [0.29, 0.717) is 13.1 Å². The van der Waals surface area contributed by atoms with Crippen LogP contribution in [-0.4, -0.2) is 25.0 Å². The van der Waals surface area contributed by atoms with E-state index in [1.165, 1.54) is 6.92 Å². The van der Waals surface area contributed by atoms with Crippen LogP contribution in [0.4, 0.5) is 0 Å². The highest BCUT2D eigenvalue weighted by Gasteiger charge is 1.89. The van der Waals surface area contributed by atoms with Crippen molar-refractivity contribution >= 4 is 11.9 Å². The predicted octanol–water partition coefficient (Wildman–Crippen LogP) is -1.39. The van der Waals surface area contributed by atoms with Gasteiger partial charge in [-0.15, -0.1) is 0 Å². The van der Waals surface area contributed by atoms with Crippen molar-refractivity contribution in [2.45, 2.75) is 6.92 Å². The van der Waals surface area contributed by atoms with Crippen LogP contribution in [0.25, 0.3) is 0 Å². The summed E-state index contributed by atoms with van der Waals surface area (Å²) in [6.07, 6.45) is 0. The van der Waals surface area contributed by atoms with Gasteiger partial charge in [0.15, 0.2) is 5.96 Å². The second-order valence-electron chi connectivity index (χ2n) is 1.82. The van der Waals surface area contributed by atoms with Gasteiger partial charge in [-0.05, 0) is 0 Å². The Bertz CT molecular complexity index is 118. The van der Waals surface area contributed by atoms with E-state index in [-0.39, 0.29) is 11.9 Å². The number of nitrogens with two attached hydrogens (primary N) is 1. The second-order valence-corrected chi connectivity index (χ2v) is 1.82. The Morgan fingerprint density at radius 2 is 2.00 bits per heavy atom. The lowest BCUT2D eigenvalue weighted by molar-refractivity contribution is -0.118. The van der Waals surface area contributed by atoms with Crippen molar-refractivity contribution in [3.05, 3.63) is 0 Å². The standard InChI is InChI=1S/C5H12N4O/c1-4(10)8-2-3-9-5(6)7/h2-3H2,1H3,(H,8,10)(H4,6,7,9). The maximum atomic E-state index is 10.3. The monoisotopic (exact) mass is 144 g/mol. The molecule has 0 rings (SSSR count). The first kappa shape index (κ1) is 8.74. The molecule has 0 aliphatic carbocycles. The Kier molecular flexibility index (Phi) is 4.02. The minimum absolute atomic E-state index is 0.0784. The third-order valence-corrected chi connectivity index (χ3v) is 0.814. The van der Waals surface area contributed by atoms with E-state index in [1.54, 1.807) is 0 Å². The van der Waals surface area contributed by atoms with Gasteiger partial charge in [-0.3, -0.25) is 10.2 Å². The minimum atomic E-state index is -0.0784. The Morgan fingerprint density at radius 1 is 1.50 bits per heavy atom. The van der Waals surface area contributed by atoms with Crippen LogP contribution in [0.2, 0.25) is 0 Å². The van der Waals surface area contributed by atoms with Crippen molar-refractivity contribution in [2.24, 2.45) is 5.73 Å². The first-order valence-electron chi connectivity index (χ1n) is 2.95. The van der Waals surface area contributed by atoms with Gasteiger partial charge in [0.2, 0.25) is 5.91 Å². The number of carbonyl (C=O) groups is 1. The van der Waals surface area contributed by atoms with Crippen LogP contribution in [0.5, 0.6) is 0 Å². The number of amides is 1. The molecule has 0 radical (unpaired) electrons. The molecule has 0 aliphatic heterocycles. The van der Waals surface area contributed by atoms with Crippen molar-refractivity contribution in [1.29, 1.82) is 5.41 Å². The number of nitrogens with one attached hydrogen (secondary N) is 3. The Morgan fingerprint density at radius 3 is 2.40 bits per heavy atom. The average Bonchev–Trinajstić information content (AvgIpc) is 1.79. The van der Waals surface area contributed by atoms with Gasteiger partial charge in [-0.25, -0.2) is 0 Å². The molecule has 0 aromatic carbocycles. The maximum absolute atomic E-state index is 10.3. The zero-order chi connectivity index (χ0) is 7.98. The Balaban J connectivity index is 3.06. The molecular formula is C5H12N4O. The summed E-state index contributed by atoms with van der Waals surface area (Å²) in [6.45, 7) is 2.43. The van der Waals surface area contributed by atoms with E-state index < -0.39 is 0 Å². The molecule has 5 N–H and O–H groups in total. The second kappa shape index (κ2) is 4.60. The molecule has 58 valence electrons. The highest BCUT2D eigenvalue weighted by Crippen LogP contribution is 1.59. The molecule has 10 heavy (non-hydrogen) atoms. The smallest absolute Gasteiger partial charge is 0.216 e. The van der Waals surface area contributed by atoms with Gasteiger partial charge in [-0.2, -0.15) is 0 Å². The van der Waals surface area contributed by atoms with E-state index in [9.17, 15) is 4.79 Å². The van der Waals surface area contributed by atoms with Gasteiger partial charge in [0.1, 0.15) is 0 Å². The highest BCUT2D eigenvalue weighted by atomic mass is 16.1. The van der Waals surface area contributed by atoms with Crippen molar-refractivity contribution < 1.29 is 4.79 Å². The van der Waals surface area contributed by atoms with Gasteiger partial charge in [0, 0.05) is 20.0 Å². The molecule has 1 amide bonds. The first-order valence-corrected chi connectivity index (χ1v) is 2.95. The van der Waals surface area contributed by atoms with Crippen molar-refractivity contribution in [2.75, 3.05) is 13.1 Å². The van der Waals surface area contributed by atoms with Crippen molar-refractivity contribution in [3.8, 4) is 0 Å². The summed E-state index contributed by atoms with van der Waals surface area (Å²) in [6, 6.07) is 0. The van der Waals surface area contributed by atoms with Crippen LogP contribution in [0.15, 0.2) is 0 Å². The maximum Gasteiger partial charge on any atom is 0.216 e. The van der Waals surface area contributed by atoms with Crippen molar-refractivity contribution in [3.63, 3.8) is 0 Å². The van der Waals surface area contributed by atoms with Crippen LogP contribution < -0.4 is 16.4 Å². The number of hydrogen-bond acceptors (Lipinski definition) is 2. The molecule has 0 aromatic rings. The normalized spacial score (nSPS) is 8.50. The average molecular weight is 144 g/mol. The van der Waals surface area contributed by atoms with Gasteiger partial charge in [0.05, 0.1) is 0 Å². The zero-order valence-corrected chi connectivity index (χ0v) is 5.90. The Labute approximate surface area is 59.5 Å². The fourth-order valence-corrected chi connectivity index (χ4v) is 0.436. The summed E-state index contributed by atoms with van der Waals surface area (Å²) in [5.41, 5.74) is 4.97. The summed E-state index contributed by atoms with van der Waals surface area (Å²) in [5, 5.41) is 11.8. The topological polar surface area (TPSA) is 91.0 Å². The van der Waals surface area contributed by atoms with E-state index >= 15 is 0 Å². The Hall–Kier alpha value is -1.26. The van der Waals surface area contributed by atoms with Gasteiger partial charge in [-0.1, -0.05) is 0 Å². The lowest BCUT2D eigenvalue weighted by atomic mass is 10.6. The lowest BCUT2D eigenvalue weighted by Crippen LogP contribution is -2.37. The number of carbonyl (C=O) groups excluding carboxylic acids is 1. The molecule has 0 aliphatic rings. The molecular weight excluding hydrogens is 132 g/mol. The molecule has 0 spiro atoms. The van der Waals surface area contributed by atoms with E-state index in [0.717, 1.165) is 0 Å². The van der Waals surface area contributed by atoms with Crippen LogP contribution >= 0.6 is 0 Å². The van der Waals surface area contributed by atoms with Crippen LogP contribution in [0.3, 0.4) is 0 Å². The summed E-state index contributed by atoms with van der Waals surface area (Å²) >= 11 is 0. The number of rotatable bonds is 3. The fourth-order valence-electron chi connectivity index (χ4n) is 0.436. The molecule has 0 atom stereocenters. The summed E-state index contributed by atoms with van der Waals surface area (Å²) in [5.74, 6) is -0.157. The number of hydrogen-bond donors (Lipinski definition) is 4. The van der Waals surface area contributed by atoms with Gasteiger partial charge in [0.25, 0.3) is 0 Å². The SMILES string of the molecule is CC(=O)NCCNC(=N)N. The van der Waals surface area contributed by atoms with Gasteiger partial charge < -0.3 is 16.4 Å². The third kappa shape index (κ3) is 6.74. The summed E-state index contributed by atoms with van der Waals surface area (Å²) < 4.78 is 0. The quantitative estimate of drug-likeness (QED) is 0.223. The zero-order valence-electron chi connectivity index (χ0n) is 5.90. The van der Waals surface area contributed by atoms with E-state index in [1.807, 2.05) is 0 Å². The van der Waals surface area contributed by atoms with Crippen LogP contribution in [-0.2, 0) is 4.79 Å². The lowest BCUT2D eigenvalue weighted by Gasteiger charge is -2.02. The third-order valence-electron chi connectivity index (χ3n) is 0.814. The summed E-state index contributed by atoms with van der Waals surface area (Å²) in [4.78, 5) is 10.3. The molecule has 0 saturated heterocycles. The van der Waals surface area contributed by atoms with Crippen LogP contribution in [0, 0.1) is 5.41 Å². The molecule has 0 saturated carbocycles. The van der Waals surface area contributed by atoms with E-state index in [4.69, 9.17) is 11.1 Å². The molecule has 0 fully saturated rings. The fraction of sp³-hybridized carbons (Fsp3) is 0.600. The molecule has 5 heteroatoms. The largest absolute Gasteiger partial charge is 0.370 e. The first-order chi connectivity index (χ1) is 4.63. The molecule has 0 bridgehead atoms. The molecule has 0 aromatic heterocycles. The van der Waals surface area contributed by atoms with Crippen LogP contribution in [0.1, 0.15) is 6.92 Å². The summed E-state index contributed by atoms with van der Waals surface area (Å²) in [7, 11) is 0. The van der Waals surface area contributed by atoms with Crippen molar-refractivity contribution in [1.82, 2.24) is 10.6 Å². The highest BCUT2D eigenvalue weighted by molar-refractivity contribution is 5.74.